The van der Waals surface area contributed by atoms with Crippen molar-refractivity contribution in [2.45, 2.75) is 12.8 Å². The lowest BCUT2D eigenvalue weighted by atomic mass is 10.3. The van der Waals surface area contributed by atoms with Gasteiger partial charge in [0, 0.05) is 13.5 Å². The van der Waals surface area contributed by atoms with Crippen molar-refractivity contribution in [1.29, 1.82) is 0 Å². The molecule has 5 nitrogen and oxygen atoms in total. The minimum absolute atomic E-state index is 0.217. The van der Waals surface area contributed by atoms with Crippen molar-refractivity contribution in [3.05, 3.63) is 0 Å². The van der Waals surface area contributed by atoms with Crippen LogP contribution in [0.2, 0.25) is 0 Å². The van der Waals surface area contributed by atoms with Crippen LogP contribution in [0.1, 0.15) is 12.8 Å². The van der Waals surface area contributed by atoms with E-state index in [0.717, 1.165) is 0 Å². The zero-order valence-corrected chi connectivity index (χ0v) is 8.66. The number of nitrogens with two attached hydrogens (primary N) is 1. The highest BCUT2D eigenvalue weighted by Crippen LogP contribution is 1.90. The molecule has 84 valence electrons. The third kappa shape index (κ3) is 9.44. The lowest BCUT2D eigenvalue weighted by Gasteiger charge is -2.05. The maximum atomic E-state index is 10.9. The number of ether oxygens (including phenoxy) is 3. The number of hydrogen-bond acceptors (Lipinski definition) is 5. The highest BCUT2D eigenvalue weighted by atomic mass is 16.6. The normalized spacial score (nSPS) is 10.1. The summed E-state index contributed by atoms with van der Waals surface area (Å²) in [4.78, 5) is 10.9. The van der Waals surface area contributed by atoms with Gasteiger partial charge in [0.25, 0.3) is 0 Å². The molecule has 0 aliphatic rings. The molecular formula is C9H19NO4. The van der Waals surface area contributed by atoms with E-state index >= 15 is 0 Å². The first-order valence-electron chi connectivity index (χ1n) is 4.73. The Bertz CT molecular complexity index is 141. The minimum atomic E-state index is -0.217. The molecule has 0 saturated carbocycles. The number of esters is 1. The fourth-order valence-corrected chi connectivity index (χ4v) is 0.777. The second-order valence-electron chi connectivity index (χ2n) is 2.72. The van der Waals surface area contributed by atoms with Crippen LogP contribution in [0.15, 0.2) is 0 Å². The molecule has 14 heavy (non-hydrogen) atoms. The molecule has 0 amide bonds. The van der Waals surface area contributed by atoms with Crippen molar-refractivity contribution in [3.8, 4) is 0 Å². The van der Waals surface area contributed by atoms with Crippen LogP contribution in [0.5, 0.6) is 0 Å². The van der Waals surface area contributed by atoms with Crippen LogP contribution < -0.4 is 5.73 Å². The van der Waals surface area contributed by atoms with Crippen molar-refractivity contribution >= 4 is 5.97 Å². The van der Waals surface area contributed by atoms with Gasteiger partial charge in [0.15, 0.2) is 0 Å². The molecule has 0 aliphatic carbocycles. The molecule has 0 rings (SSSR count). The Morgan fingerprint density at radius 3 is 2.57 bits per heavy atom. The van der Waals surface area contributed by atoms with Crippen molar-refractivity contribution in [2.24, 2.45) is 5.73 Å². The zero-order valence-electron chi connectivity index (χ0n) is 8.66. The summed E-state index contributed by atoms with van der Waals surface area (Å²) in [5, 5.41) is 0. The Kier molecular flexibility index (Phi) is 9.95. The van der Waals surface area contributed by atoms with Crippen molar-refractivity contribution in [1.82, 2.24) is 0 Å². The first-order chi connectivity index (χ1) is 6.81. The van der Waals surface area contributed by atoms with E-state index in [4.69, 9.17) is 19.9 Å². The Morgan fingerprint density at radius 1 is 1.21 bits per heavy atom. The maximum Gasteiger partial charge on any atom is 0.305 e. The number of carbonyl (C=O) groups is 1. The van der Waals surface area contributed by atoms with Gasteiger partial charge < -0.3 is 19.9 Å². The van der Waals surface area contributed by atoms with Crippen molar-refractivity contribution < 1.29 is 19.0 Å². The van der Waals surface area contributed by atoms with E-state index in [9.17, 15) is 4.79 Å². The van der Waals surface area contributed by atoms with Gasteiger partial charge in [-0.2, -0.15) is 0 Å². The fraction of sp³-hybridized carbons (Fsp3) is 0.889. The first-order valence-corrected chi connectivity index (χ1v) is 4.73. The second-order valence-corrected chi connectivity index (χ2v) is 2.72. The van der Waals surface area contributed by atoms with Crippen LogP contribution in [-0.2, 0) is 19.0 Å². The summed E-state index contributed by atoms with van der Waals surface area (Å²) < 4.78 is 14.7. The molecule has 0 saturated heterocycles. The summed E-state index contributed by atoms with van der Waals surface area (Å²) in [6.07, 6.45) is 1.05. The van der Waals surface area contributed by atoms with Gasteiger partial charge in [-0.25, -0.2) is 0 Å². The number of rotatable bonds is 9. The smallest absolute Gasteiger partial charge is 0.305 e. The van der Waals surface area contributed by atoms with Crippen molar-refractivity contribution in [2.75, 3.05) is 40.1 Å². The first kappa shape index (κ1) is 13.4. The Hall–Kier alpha value is -0.650. The van der Waals surface area contributed by atoms with Gasteiger partial charge in [-0.3, -0.25) is 4.79 Å². The van der Waals surface area contributed by atoms with Gasteiger partial charge in [-0.15, -0.1) is 0 Å². The largest absolute Gasteiger partial charge is 0.463 e. The van der Waals surface area contributed by atoms with E-state index in [1.807, 2.05) is 0 Å². The highest BCUT2D eigenvalue weighted by molar-refractivity contribution is 5.69. The van der Waals surface area contributed by atoms with E-state index in [0.29, 0.717) is 45.8 Å². The van der Waals surface area contributed by atoms with Crippen LogP contribution in [0, 0.1) is 0 Å². The van der Waals surface area contributed by atoms with E-state index in [2.05, 4.69) is 0 Å². The van der Waals surface area contributed by atoms with Crippen LogP contribution >= 0.6 is 0 Å². The van der Waals surface area contributed by atoms with E-state index in [1.165, 1.54) is 0 Å². The monoisotopic (exact) mass is 205 g/mol. The zero-order chi connectivity index (χ0) is 10.6. The van der Waals surface area contributed by atoms with Crippen LogP contribution in [-0.4, -0.2) is 46.1 Å². The van der Waals surface area contributed by atoms with Crippen LogP contribution in [0.3, 0.4) is 0 Å². The van der Waals surface area contributed by atoms with E-state index < -0.39 is 0 Å². The molecule has 0 radical (unpaired) electrons. The summed E-state index contributed by atoms with van der Waals surface area (Å²) in [7, 11) is 1.61. The number of methoxy groups -OCH3 is 1. The van der Waals surface area contributed by atoms with Gasteiger partial charge >= 0.3 is 5.97 Å². The topological polar surface area (TPSA) is 70.8 Å². The number of hydrogen-bond donors (Lipinski definition) is 1. The Morgan fingerprint density at radius 2 is 1.93 bits per heavy atom. The molecule has 0 aromatic heterocycles. The molecule has 0 unspecified atom stereocenters. The third-order valence-electron chi connectivity index (χ3n) is 1.51. The second kappa shape index (κ2) is 10.4. The number of carbonyl (C=O) groups excluding carboxylic acids is 1. The molecule has 0 aromatic rings. The molecule has 0 atom stereocenters. The quantitative estimate of drug-likeness (QED) is 0.421. The molecule has 0 fully saturated rings. The van der Waals surface area contributed by atoms with E-state index in [-0.39, 0.29) is 5.97 Å². The highest BCUT2D eigenvalue weighted by Gasteiger charge is 2.00. The third-order valence-corrected chi connectivity index (χ3v) is 1.51. The average molecular weight is 205 g/mol. The molecule has 2 N–H and O–H groups in total. The van der Waals surface area contributed by atoms with E-state index in [1.54, 1.807) is 7.11 Å². The van der Waals surface area contributed by atoms with Gasteiger partial charge in [0.05, 0.1) is 19.8 Å². The van der Waals surface area contributed by atoms with Gasteiger partial charge in [-0.05, 0) is 13.0 Å². The molecule has 0 aliphatic heterocycles. The molecule has 0 spiro atoms. The minimum Gasteiger partial charge on any atom is -0.463 e. The van der Waals surface area contributed by atoms with Crippen LogP contribution in [0.4, 0.5) is 0 Å². The maximum absolute atomic E-state index is 10.9. The summed E-state index contributed by atoms with van der Waals surface area (Å²) in [5.74, 6) is -0.217. The predicted molar refractivity (Wildman–Crippen MR) is 51.9 cm³/mol. The summed E-state index contributed by atoms with van der Waals surface area (Å²) in [6.45, 7) is 2.31. The van der Waals surface area contributed by atoms with Gasteiger partial charge in [0.2, 0.25) is 0 Å². The SMILES string of the molecule is COCCOCCOC(=O)CCCN. The van der Waals surface area contributed by atoms with Crippen LogP contribution in [0.25, 0.3) is 0 Å². The van der Waals surface area contributed by atoms with Crippen molar-refractivity contribution in [3.63, 3.8) is 0 Å². The molecular weight excluding hydrogens is 186 g/mol. The lowest BCUT2D eigenvalue weighted by Crippen LogP contribution is -2.13. The summed E-state index contributed by atoms with van der Waals surface area (Å²) >= 11 is 0. The Balaban J connectivity index is 3.07. The van der Waals surface area contributed by atoms with Gasteiger partial charge in [0.1, 0.15) is 6.61 Å². The predicted octanol–water partition coefficient (Wildman–Crippen LogP) is -0.0685. The molecule has 0 heterocycles. The van der Waals surface area contributed by atoms with Gasteiger partial charge in [-0.1, -0.05) is 0 Å². The molecule has 0 bridgehead atoms. The fourth-order valence-electron chi connectivity index (χ4n) is 0.777. The summed E-state index contributed by atoms with van der Waals surface area (Å²) in [6, 6.07) is 0. The lowest BCUT2D eigenvalue weighted by molar-refractivity contribution is -0.145. The standard InChI is InChI=1S/C9H19NO4/c1-12-5-6-13-7-8-14-9(11)3-2-4-10/h2-8,10H2,1H3. The average Bonchev–Trinajstić information content (AvgIpc) is 2.20. The molecule has 0 aromatic carbocycles. The molecule has 5 heteroatoms. The summed E-state index contributed by atoms with van der Waals surface area (Å²) in [5.41, 5.74) is 5.24. The Labute approximate surface area is 84.5 Å².